The van der Waals surface area contributed by atoms with E-state index in [4.69, 9.17) is 9.47 Å². The number of ether oxygens (including phenoxy) is 2. The van der Waals surface area contributed by atoms with Crippen LogP contribution in [-0.2, 0) is 11.4 Å². The lowest BCUT2D eigenvalue weighted by atomic mass is 10.2. The van der Waals surface area contributed by atoms with E-state index >= 15 is 0 Å². The Bertz CT molecular complexity index is 1290. The Labute approximate surface area is 223 Å². The molecule has 3 aromatic carbocycles. The standard InChI is InChI=1S/C26H20Br2FNO4S/c1-16-5-4-7-19(11-16)33-10-9-30-25(31)23(35-26(30)32)14-17-12-20(27)24(21(28)13-17)34-15-18-6-2-3-8-22(18)29/h2-8,11-14H,9-10,15H2,1H3/b23-14-. The first kappa shape index (κ1) is 25.5. The van der Waals surface area contributed by atoms with Crippen LogP contribution in [0.2, 0.25) is 0 Å². The molecule has 0 saturated carbocycles. The zero-order valence-corrected chi connectivity index (χ0v) is 22.6. The third-order valence-electron chi connectivity index (χ3n) is 5.09. The molecule has 0 atom stereocenters. The minimum atomic E-state index is -0.361. The highest BCUT2D eigenvalue weighted by molar-refractivity contribution is 9.11. The fraction of sp³-hybridized carbons (Fsp3) is 0.154. The fourth-order valence-corrected chi connectivity index (χ4v) is 5.69. The number of thioether (sulfide) groups is 1. The molecule has 1 aliphatic heterocycles. The van der Waals surface area contributed by atoms with Crippen molar-refractivity contribution in [1.29, 1.82) is 0 Å². The molecule has 180 valence electrons. The van der Waals surface area contributed by atoms with E-state index < -0.39 is 0 Å². The van der Waals surface area contributed by atoms with Crippen LogP contribution in [0.3, 0.4) is 0 Å². The van der Waals surface area contributed by atoms with Crippen molar-refractivity contribution in [3.05, 3.63) is 97.0 Å². The van der Waals surface area contributed by atoms with Crippen molar-refractivity contribution in [2.45, 2.75) is 13.5 Å². The molecule has 35 heavy (non-hydrogen) atoms. The second-order valence-electron chi connectivity index (χ2n) is 7.69. The van der Waals surface area contributed by atoms with Gasteiger partial charge in [-0.15, -0.1) is 0 Å². The highest BCUT2D eigenvalue weighted by atomic mass is 79.9. The first-order chi connectivity index (χ1) is 16.8. The predicted octanol–water partition coefficient (Wildman–Crippen LogP) is 7.35. The Balaban J connectivity index is 1.41. The Morgan fingerprint density at radius 3 is 2.46 bits per heavy atom. The first-order valence-electron chi connectivity index (χ1n) is 10.6. The molecular weight excluding hydrogens is 601 g/mol. The van der Waals surface area contributed by atoms with Gasteiger partial charge < -0.3 is 9.47 Å². The van der Waals surface area contributed by atoms with E-state index in [9.17, 15) is 14.0 Å². The number of hydrogen-bond donors (Lipinski definition) is 0. The maximum absolute atomic E-state index is 13.9. The van der Waals surface area contributed by atoms with Gasteiger partial charge >= 0.3 is 0 Å². The first-order valence-corrected chi connectivity index (χ1v) is 13.0. The van der Waals surface area contributed by atoms with Gasteiger partial charge in [-0.3, -0.25) is 14.5 Å². The van der Waals surface area contributed by atoms with Gasteiger partial charge in [0.25, 0.3) is 11.1 Å². The molecule has 4 rings (SSSR count). The summed E-state index contributed by atoms with van der Waals surface area (Å²) < 4.78 is 26.6. The lowest BCUT2D eigenvalue weighted by Crippen LogP contribution is -2.32. The van der Waals surface area contributed by atoms with Gasteiger partial charge in [0.05, 0.1) is 20.4 Å². The maximum Gasteiger partial charge on any atom is 0.293 e. The molecule has 9 heteroatoms. The number of imide groups is 1. The normalized spacial score (nSPS) is 14.6. The van der Waals surface area contributed by atoms with Crippen molar-refractivity contribution in [2.24, 2.45) is 0 Å². The molecule has 0 bridgehead atoms. The van der Waals surface area contributed by atoms with Crippen molar-refractivity contribution in [3.8, 4) is 11.5 Å². The Morgan fingerprint density at radius 2 is 1.74 bits per heavy atom. The van der Waals surface area contributed by atoms with E-state index in [2.05, 4.69) is 31.9 Å². The molecule has 1 fully saturated rings. The summed E-state index contributed by atoms with van der Waals surface area (Å²) in [5.74, 6) is 0.502. The van der Waals surface area contributed by atoms with Crippen LogP contribution >= 0.6 is 43.6 Å². The van der Waals surface area contributed by atoms with Crippen LogP contribution in [-0.4, -0.2) is 29.2 Å². The molecule has 0 radical (unpaired) electrons. The van der Waals surface area contributed by atoms with E-state index in [1.807, 2.05) is 31.2 Å². The smallest absolute Gasteiger partial charge is 0.293 e. The molecule has 1 saturated heterocycles. The summed E-state index contributed by atoms with van der Waals surface area (Å²) in [6.45, 7) is 2.39. The van der Waals surface area contributed by atoms with Crippen molar-refractivity contribution in [2.75, 3.05) is 13.2 Å². The van der Waals surface area contributed by atoms with Gasteiger partial charge in [-0.1, -0.05) is 30.3 Å². The maximum atomic E-state index is 13.9. The highest BCUT2D eigenvalue weighted by Gasteiger charge is 2.34. The van der Waals surface area contributed by atoms with Crippen LogP contribution in [0, 0.1) is 12.7 Å². The van der Waals surface area contributed by atoms with Crippen LogP contribution in [0.4, 0.5) is 9.18 Å². The van der Waals surface area contributed by atoms with Gasteiger partial charge in [0.2, 0.25) is 0 Å². The minimum Gasteiger partial charge on any atom is -0.492 e. The molecule has 5 nitrogen and oxygen atoms in total. The number of benzene rings is 3. The van der Waals surface area contributed by atoms with E-state index in [1.165, 1.54) is 11.0 Å². The van der Waals surface area contributed by atoms with E-state index in [0.717, 1.165) is 17.3 Å². The third kappa shape index (κ3) is 6.34. The summed E-state index contributed by atoms with van der Waals surface area (Å²) in [6, 6.07) is 17.5. The van der Waals surface area contributed by atoms with Crippen LogP contribution in [0.1, 0.15) is 16.7 Å². The summed E-state index contributed by atoms with van der Waals surface area (Å²) >= 11 is 7.84. The molecule has 0 spiro atoms. The molecule has 0 unspecified atom stereocenters. The van der Waals surface area contributed by atoms with Crippen LogP contribution in [0.15, 0.2) is 74.5 Å². The molecule has 1 aliphatic rings. The number of carbonyl (C=O) groups is 2. The van der Waals surface area contributed by atoms with Crippen LogP contribution in [0.25, 0.3) is 6.08 Å². The third-order valence-corrected chi connectivity index (χ3v) is 7.18. The SMILES string of the molecule is Cc1cccc(OCCN2C(=O)S/C(=C\c3cc(Br)c(OCc4ccccc4F)c(Br)c3)C2=O)c1. The van der Waals surface area contributed by atoms with E-state index in [-0.39, 0.29) is 36.7 Å². The van der Waals surface area contributed by atoms with Gasteiger partial charge in [0.15, 0.2) is 0 Å². The summed E-state index contributed by atoms with van der Waals surface area (Å²) in [4.78, 5) is 26.7. The lowest BCUT2D eigenvalue weighted by Gasteiger charge is -2.13. The van der Waals surface area contributed by atoms with Gasteiger partial charge in [0.1, 0.15) is 30.5 Å². The number of halogens is 3. The fourth-order valence-electron chi connectivity index (χ4n) is 3.37. The second kappa shape index (κ2) is 11.4. The average molecular weight is 621 g/mol. The number of carbonyl (C=O) groups excluding carboxylic acids is 2. The number of aryl methyl sites for hydroxylation is 1. The number of nitrogens with zero attached hydrogens (tertiary/aromatic N) is 1. The molecule has 2 amide bonds. The zero-order valence-electron chi connectivity index (χ0n) is 18.6. The average Bonchev–Trinajstić information content (AvgIpc) is 3.07. The minimum absolute atomic E-state index is 0.0622. The van der Waals surface area contributed by atoms with Crippen molar-refractivity contribution >= 4 is 60.8 Å². The largest absolute Gasteiger partial charge is 0.492 e. The Kier molecular flexibility index (Phi) is 8.30. The molecule has 0 N–H and O–H groups in total. The molecule has 0 aliphatic carbocycles. The monoisotopic (exact) mass is 619 g/mol. The Hall–Kier alpha value is -2.62. The van der Waals surface area contributed by atoms with Crippen molar-refractivity contribution in [1.82, 2.24) is 4.90 Å². The summed E-state index contributed by atoms with van der Waals surface area (Å²) in [6.07, 6.45) is 1.66. The molecule has 1 heterocycles. The Morgan fingerprint density at radius 1 is 1.00 bits per heavy atom. The lowest BCUT2D eigenvalue weighted by molar-refractivity contribution is -0.123. The number of rotatable bonds is 8. The van der Waals surface area contributed by atoms with Crippen LogP contribution < -0.4 is 9.47 Å². The topological polar surface area (TPSA) is 55.8 Å². The zero-order chi connectivity index (χ0) is 24.9. The summed E-state index contributed by atoms with van der Waals surface area (Å²) in [7, 11) is 0. The quantitative estimate of drug-likeness (QED) is 0.246. The summed E-state index contributed by atoms with van der Waals surface area (Å²) in [5, 5.41) is -0.336. The highest BCUT2D eigenvalue weighted by Crippen LogP contribution is 2.38. The van der Waals surface area contributed by atoms with Crippen LogP contribution in [0.5, 0.6) is 11.5 Å². The van der Waals surface area contributed by atoms with Crippen molar-refractivity contribution in [3.63, 3.8) is 0 Å². The predicted molar refractivity (Wildman–Crippen MR) is 142 cm³/mol. The molecular formula is C26H20Br2FNO4S. The molecule has 0 aromatic heterocycles. The van der Waals surface area contributed by atoms with Gasteiger partial charge in [0, 0.05) is 5.56 Å². The number of hydrogen-bond acceptors (Lipinski definition) is 5. The second-order valence-corrected chi connectivity index (χ2v) is 10.4. The van der Waals surface area contributed by atoms with Gasteiger partial charge in [-0.2, -0.15) is 0 Å². The van der Waals surface area contributed by atoms with E-state index in [0.29, 0.717) is 36.5 Å². The summed E-state index contributed by atoms with van der Waals surface area (Å²) in [5.41, 5.74) is 2.21. The van der Waals surface area contributed by atoms with E-state index in [1.54, 1.807) is 36.4 Å². The van der Waals surface area contributed by atoms with Gasteiger partial charge in [-0.05, 0) is 98.1 Å². The molecule has 3 aromatic rings. The van der Waals surface area contributed by atoms with Crippen molar-refractivity contribution < 1.29 is 23.5 Å². The van der Waals surface area contributed by atoms with Gasteiger partial charge in [-0.25, -0.2) is 4.39 Å². The number of amides is 2.